The summed E-state index contributed by atoms with van der Waals surface area (Å²) in [6.45, 7) is 0.664. The average molecular weight is 451 g/mol. The molecule has 160 valence electrons. The summed E-state index contributed by atoms with van der Waals surface area (Å²) in [6.07, 6.45) is 4.70. The van der Waals surface area contributed by atoms with E-state index in [4.69, 9.17) is 0 Å². The number of aryl methyl sites for hydroxylation is 1. The van der Waals surface area contributed by atoms with E-state index in [-0.39, 0.29) is 16.3 Å². The van der Waals surface area contributed by atoms with Gasteiger partial charge in [0.05, 0.1) is 23.9 Å². The maximum atomic E-state index is 14.5. The highest BCUT2D eigenvalue weighted by Crippen LogP contribution is 2.33. The highest BCUT2D eigenvalue weighted by molar-refractivity contribution is 7.18. The van der Waals surface area contributed by atoms with Crippen molar-refractivity contribution >= 4 is 40.0 Å². The first-order valence-electron chi connectivity index (χ1n) is 9.49. The van der Waals surface area contributed by atoms with E-state index in [0.29, 0.717) is 17.2 Å². The van der Waals surface area contributed by atoms with Gasteiger partial charge in [0.1, 0.15) is 0 Å². The summed E-state index contributed by atoms with van der Waals surface area (Å²) >= 11 is 1.06. The number of hydrogen-bond acceptors (Lipinski definition) is 7. The minimum Gasteiger partial charge on any atom is -0.330 e. The third-order valence-corrected chi connectivity index (χ3v) is 5.67. The van der Waals surface area contributed by atoms with Gasteiger partial charge in [0.2, 0.25) is 5.13 Å². The maximum Gasteiger partial charge on any atom is 0.258 e. The minimum atomic E-state index is -1.10. The zero-order valence-electron chi connectivity index (χ0n) is 16.6. The highest BCUT2D eigenvalue weighted by atomic mass is 32.1. The molecule has 0 radical (unpaired) electrons. The standard InChI is InChI=1S/C21H15F2N7OS/c1-30-10-13(9-25-30)19(31)26-15-5-16(18(23)17(22)6-15)20-28-29-21(32-20)27-14-3-2-11-7-24-8-12(11)4-14/h2-6,8-10H,7H2,1H3,(H,26,31)(H,27,29). The van der Waals surface area contributed by atoms with Crippen LogP contribution in [0.15, 0.2) is 47.7 Å². The van der Waals surface area contributed by atoms with Crippen LogP contribution < -0.4 is 10.6 Å². The van der Waals surface area contributed by atoms with Crippen LogP contribution in [0.2, 0.25) is 0 Å². The molecule has 1 aliphatic rings. The Balaban J connectivity index is 1.39. The molecule has 5 rings (SSSR count). The van der Waals surface area contributed by atoms with Crippen molar-refractivity contribution in [3.05, 3.63) is 71.1 Å². The topological polar surface area (TPSA) is 97.1 Å². The Morgan fingerprint density at radius 3 is 2.84 bits per heavy atom. The van der Waals surface area contributed by atoms with Crippen LogP contribution in [0.5, 0.6) is 0 Å². The molecule has 0 aliphatic carbocycles. The first-order chi connectivity index (χ1) is 15.5. The van der Waals surface area contributed by atoms with Crippen molar-refractivity contribution in [3.8, 4) is 10.6 Å². The Bertz CT molecular complexity index is 1380. The van der Waals surface area contributed by atoms with Gasteiger partial charge in [-0.05, 0) is 29.3 Å². The van der Waals surface area contributed by atoms with Gasteiger partial charge in [0, 0.05) is 36.9 Å². The summed E-state index contributed by atoms with van der Waals surface area (Å²) in [4.78, 5) is 16.6. The largest absolute Gasteiger partial charge is 0.330 e. The quantitative estimate of drug-likeness (QED) is 0.475. The van der Waals surface area contributed by atoms with Crippen molar-refractivity contribution < 1.29 is 13.6 Å². The molecule has 0 saturated heterocycles. The van der Waals surface area contributed by atoms with Gasteiger partial charge < -0.3 is 10.6 Å². The van der Waals surface area contributed by atoms with E-state index in [0.717, 1.165) is 34.2 Å². The van der Waals surface area contributed by atoms with Gasteiger partial charge in [0.15, 0.2) is 16.6 Å². The smallest absolute Gasteiger partial charge is 0.258 e. The van der Waals surface area contributed by atoms with Crippen molar-refractivity contribution in [2.75, 3.05) is 10.6 Å². The Labute approximate surface area is 184 Å². The third kappa shape index (κ3) is 3.85. The molecular formula is C21H15F2N7OS. The molecular weight excluding hydrogens is 436 g/mol. The molecule has 0 bridgehead atoms. The van der Waals surface area contributed by atoms with E-state index >= 15 is 0 Å². The molecule has 1 aliphatic heterocycles. The number of amides is 1. The summed E-state index contributed by atoms with van der Waals surface area (Å²) < 4.78 is 30.2. The number of nitrogens with zero attached hydrogens (tertiary/aromatic N) is 5. The first kappa shape index (κ1) is 19.9. The second-order valence-corrected chi connectivity index (χ2v) is 8.07. The Morgan fingerprint density at radius 1 is 1.16 bits per heavy atom. The van der Waals surface area contributed by atoms with Crippen LogP contribution in [0.4, 0.5) is 25.3 Å². The van der Waals surface area contributed by atoms with Crippen LogP contribution in [0.3, 0.4) is 0 Å². The Hall–Kier alpha value is -3.99. The molecule has 4 aromatic rings. The molecule has 0 atom stereocenters. The van der Waals surface area contributed by atoms with Gasteiger partial charge in [-0.3, -0.25) is 14.5 Å². The fraction of sp³-hybridized carbons (Fsp3) is 0.0952. The number of rotatable bonds is 5. The zero-order valence-corrected chi connectivity index (χ0v) is 17.5. The van der Waals surface area contributed by atoms with Gasteiger partial charge in [-0.15, -0.1) is 10.2 Å². The summed E-state index contributed by atoms with van der Waals surface area (Å²) in [5.41, 5.74) is 3.22. The molecule has 32 heavy (non-hydrogen) atoms. The van der Waals surface area contributed by atoms with Crippen LogP contribution in [0.25, 0.3) is 10.6 Å². The predicted molar refractivity (Wildman–Crippen MR) is 117 cm³/mol. The molecule has 2 N–H and O–H groups in total. The highest BCUT2D eigenvalue weighted by Gasteiger charge is 2.19. The van der Waals surface area contributed by atoms with Gasteiger partial charge in [-0.25, -0.2) is 8.78 Å². The number of aromatic nitrogens is 4. The molecule has 2 aromatic carbocycles. The maximum absolute atomic E-state index is 14.5. The van der Waals surface area contributed by atoms with Crippen molar-refractivity contribution in [1.29, 1.82) is 0 Å². The van der Waals surface area contributed by atoms with E-state index in [1.165, 1.54) is 23.1 Å². The van der Waals surface area contributed by atoms with Crippen molar-refractivity contribution in [2.24, 2.45) is 12.0 Å². The number of carbonyl (C=O) groups is 1. The van der Waals surface area contributed by atoms with Crippen molar-refractivity contribution in [3.63, 3.8) is 0 Å². The summed E-state index contributed by atoms with van der Waals surface area (Å²) in [5.74, 6) is -2.66. The van der Waals surface area contributed by atoms with Gasteiger partial charge in [-0.1, -0.05) is 17.4 Å². The Kier molecular flexibility index (Phi) is 4.94. The fourth-order valence-electron chi connectivity index (χ4n) is 3.24. The second kappa shape index (κ2) is 7.93. The average Bonchev–Trinajstić information content (AvgIpc) is 3.51. The van der Waals surface area contributed by atoms with E-state index < -0.39 is 17.5 Å². The monoisotopic (exact) mass is 451 g/mol. The molecule has 0 fully saturated rings. The predicted octanol–water partition coefficient (Wildman–Crippen LogP) is 4.15. The normalized spacial score (nSPS) is 12.1. The van der Waals surface area contributed by atoms with Gasteiger partial charge >= 0.3 is 0 Å². The first-order valence-corrected chi connectivity index (χ1v) is 10.3. The molecule has 0 unspecified atom stereocenters. The molecule has 8 nitrogen and oxygen atoms in total. The van der Waals surface area contributed by atoms with Crippen molar-refractivity contribution in [2.45, 2.75) is 6.54 Å². The molecule has 0 spiro atoms. The number of fused-ring (bicyclic) bond motifs is 1. The molecule has 1 amide bonds. The number of carbonyl (C=O) groups excluding carboxylic acids is 1. The molecule has 0 saturated carbocycles. The lowest BCUT2D eigenvalue weighted by Crippen LogP contribution is -2.11. The fourth-order valence-corrected chi connectivity index (χ4v) is 4.02. The van der Waals surface area contributed by atoms with Crippen LogP contribution in [0.1, 0.15) is 21.5 Å². The number of nitrogens with one attached hydrogen (secondary N) is 2. The van der Waals surface area contributed by atoms with Gasteiger partial charge in [0.25, 0.3) is 5.91 Å². The summed E-state index contributed by atoms with van der Waals surface area (Å²) in [5, 5.41) is 18.2. The SMILES string of the molecule is Cn1cc(C(=O)Nc2cc(F)c(F)c(-c3nnc(Nc4ccc5c(c4)C=NC5)s3)c2)cn1. The number of benzene rings is 2. The summed E-state index contributed by atoms with van der Waals surface area (Å²) in [6, 6.07) is 8.03. The molecule has 3 heterocycles. The lowest BCUT2D eigenvalue weighted by molar-refractivity contribution is 0.102. The van der Waals surface area contributed by atoms with E-state index in [1.807, 2.05) is 18.2 Å². The number of aliphatic imine (C=N–C) groups is 1. The molecule has 2 aromatic heterocycles. The second-order valence-electron chi connectivity index (χ2n) is 7.10. The van der Waals surface area contributed by atoms with E-state index in [9.17, 15) is 13.6 Å². The summed E-state index contributed by atoms with van der Waals surface area (Å²) in [7, 11) is 1.67. The lowest BCUT2D eigenvalue weighted by Gasteiger charge is -2.07. The Morgan fingerprint density at radius 2 is 2.03 bits per heavy atom. The van der Waals surface area contributed by atoms with Crippen LogP contribution in [-0.2, 0) is 13.6 Å². The van der Waals surface area contributed by atoms with Crippen LogP contribution >= 0.6 is 11.3 Å². The van der Waals surface area contributed by atoms with E-state index in [2.05, 4.69) is 30.9 Å². The molecule has 11 heteroatoms. The lowest BCUT2D eigenvalue weighted by atomic mass is 10.1. The third-order valence-electron chi connectivity index (χ3n) is 4.80. The number of halogens is 2. The number of anilines is 3. The van der Waals surface area contributed by atoms with Crippen LogP contribution in [0, 0.1) is 11.6 Å². The minimum absolute atomic E-state index is 0.0929. The van der Waals surface area contributed by atoms with E-state index in [1.54, 1.807) is 13.3 Å². The number of hydrogen-bond donors (Lipinski definition) is 2. The van der Waals surface area contributed by atoms with Crippen molar-refractivity contribution in [1.82, 2.24) is 20.0 Å². The zero-order chi connectivity index (χ0) is 22.2. The van der Waals surface area contributed by atoms with Crippen LogP contribution in [-0.4, -0.2) is 32.1 Å². The van der Waals surface area contributed by atoms with Gasteiger partial charge in [-0.2, -0.15) is 5.10 Å².